The van der Waals surface area contributed by atoms with Crippen molar-refractivity contribution >= 4 is 6.21 Å². The molecular weight excluding hydrogens is 358 g/mol. The first-order chi connectivity index (χ1) is 13.2. The van der Waals surface area contributed by atoms with Crippen molar-refractivity contribution < 1.29 is 27.5 Å². The Morgan fingerprint density at radius 1 is 1.15 bits per heavy atom. The zero-order chi connectivity index (χ0) is 19.1. The van der Waals surface area contributed by atoms with Gasteiger partial charge in [-0.3, -0.25) is 0 Å². The molecule has 0 spiro atoms. The number of hydrogen-bond acceptors (Lipinski definition) is 6. The molecule has 140 valence electrons. The van der Waals surface area contributed by atoms with E-state index in [0.29, 0.717) is 17.1 Å². The summed E-state index contributed by atoms with van der Waals surface area (Å²) in [6, 6.07) is 13.9. The van der Waals surface area contributed by atoms with E-state index in [-0.39, 0.29) is 18.1 Å². The quantitative estimate of drug-likeness (QED) is 0.429. The largest absolute Gasteiger partial charge is 0.493 e. The predicted octanol–water partition coefficient (Wildman–Crippen LogP) is 4.50. The molecule has 8 heteroatoms. The number of nitrogens with zero attached hydrogens (tertiary/aromatic N) is 2. The van der Waals surface area contributed by atoms with Crippen molar-refractivity contribution in [1.29, 1.82) is 0 Å². The van der Waals surface area contributed by atoms with Crippen LogP contribution in [0.5, 0.6) is 11.5 Å². The van der Waals surface area contributed by atoms with Crippen molar-refractivity contribution in [2.24, 2.45) is 5.16 Å². The highest BCUT2D eigenvalue weighted by Gasteiger charge is 2.10. The molecule has 27 heavy (non-hydrogen) atoms. The molecule has 1 heterocycles. The molecule has 0 aliphatic carbocycles. The first-order valence-corrected chi connectivity index (χ1v) is 7.93. The van der Waals surface area contributed by atoms with Crippen LogP contribution in [0.2, 0.25) is 0 Å². The predicted molar refractivity (Wildman–Crippen MR) is 93.9 cm³/mol. The lowest BCUT2D eigenvalue weighted by Crippen LogP contribution is -2.03. The number of oxime groups is 1. The summed E-state index contributed by atoms with van der Waals surface area (Å²) in [5, 5.41) is 3.83. The third-order valence-corrected chi connectivity index (χ3v) is 3.46. The van der Waals surface area contributed by atoms with Crippen LogP contribution in [0.25, 0.3) is 11.5 Å². The van der Waals surface area contributed by atoms with Crippen molar-refractivity contribution in [3.63, 3.8) is 0 Å². The van der Waals surface area contributed by atoms with Crippen LogP contribution in [-0.4, -0.2) is 24.9 Å². The minimum atomic E-state index is -2.93. The van der Waals surface area contributed by atoms with E-state index in [1.165, 1.54) is 31.7 Å². The summed E-state index contributed by atoms with van der Waals surface area (Å²) in [7, 11) is 1.36. The van der Waals surface area contributed by atoms with Crippen LogP contribution in [0, 0.1) is 0 Å². The lowest BCUT2D eigenvalue weighted by Gasteiger charge is -2.09. The highest BCUT2D eigenvalue weighted by Crippen LogP contribution is 2.29. The van der Waals surface area contributed by atoms with Gasteiger partial charge in [0.2, 0.25) is 5.89 Å². The third kappa shape index (κ3) is 5.04. The number of methoxy groups -OCH3 is 1. The maximum atomic E-state index is 12.3. The molecular formula is C19H16F2N2O4. The number of aromatic nitrogens is 1. The average molecular weight is 374 g/mol. The summed E-state index contributed by atoms with van der Waals surface area (Å²) >= 11 is 0. The second kappa shape index (κ2) is 8.79. The van der Waals surface area contributed by atoms with Crippen molar-refractivity contribution in [3.05, 3.63) is 66.1 Å². The van der Waals surface area contributed by atoms with E-state index in [9.17, 15) is 8.78 Å². The average Bonchev–Trinajstić information content (AvgIpc) is 3.15. The van der Waals surface area contributed by atoms with Crippen molar-refractivity contribution in [3.8, 4) is 23.0 Å². The number of benzene rings is 2. The fourth-order valence-corrected chi connectivity index (χ4v) is 2.25. The minimum Gasteiger partial charge on any atom is -0.493 e. The Hall–Kier alpha value is -3.42. The molecule has 0 atom stereocenters. The lowest BCUT2D eigenvalue weighted by atomic mass is 10.2. The molecule has 6 nitrogen and oxygen atoms in total. The number of alkyl halides is 2. The fourth-order valence-electron chi connectivity index (χ4n) is 2.25. The van der Waals surface area contributed by atoms with Crippen LogP contribution in [-0.2, 0) is 11.4 Å². The molecule has 0 saturated heterocycles. The third-order valence-electron chi connectivity index (χ3n) is 3.46. The maximum absolute atomic E-state index is 12.3. The highest BCUT2D eigenvalue weighted by atomic mass is 19.3. The monoisotopic (exact) mass is 374 g/mol. The second-order valence-electron chi connectivity index (χ2n) is 5.31. The molecule has 0 aliphatic heterocycles. The summed E-state index contributed by atoms with van der Waals surface area (Å²) in [5.74, 6) is 0.613. The fraction of sp³-hybridized carbons (Fsp3) is 0.158. The van der Waals surface area contributed by atoms with Crippen molar-refractivity contribution in [2.75, 3.05) is 7.11 Å². The molecule has 0 bridgehead atoms. The summed E-state index contributed by atoms with van der Waals surface area (Å²) in [5.41, 5.74) is 2.05. The van der Waals surface area contributed by atoms with Crippen LogP contribution in [0.1, 0.15) is 11.3 Å². The Morgan fingerprint density at radius 2 is 1.96 bits per heavy atom. The van der Waals surface area contributed by atoms with Gasteiger partial charge in [-0.25, -0.2) is 4.98 Å². The van der Waals surface area contributed by atoms with Crippen LogP contribution < -0.4 is 9.47 Å². The van der Waals surface area contributed by atoms with Crippen LogP contribution in [0.3, 0.4) is 0 Å². The zero-order valence-corrected chi connectivity index (χ0v) is 14.3. The van der Waals surface area contributed by atoms with Crippen LogP contribution in [0.4, 0.5) is 8.78 Å². The summed E-state index contributed by atoms with van der Waals surface area (Å²) in [4.78, 5) is 9.51. The van der Waals surface area contributed by atoms with Gasteiger partial charge in [-0.1, -0.05) is 23.4 Å². The minimum absolute atomic E-state index is 0.0541. The summed E-state index contributed by atoms with van der Waals surface area (Å²) in [6.07, 6.45) is 2.92. The van der Waals surface area contributed by atoms with Gasteiger partial charge in [0.25, 0.3) is 0 Å². The molecule has 0 saturated carbocycles. The van der Waals surface area contributed by atoms with E-state index >= 15 is 0 Å². The summed E-state index contributed by atoms with van der Waals surface area (Å²) < 4.78 is 39.4. The van der Waals surface area contributed by atoms with E-state index in [1.807, 2.05) is 30.3 Å². The first-order valence-electron chi connectivity index (χ1n) is 7.93. The molecule has 0 fully saturated rings. The van der Waals surface area contributed by atoms with Gasteiger partial charge in [0.05, 0.1) is 13.3 Å². The molecule has 0 N–H and O–H groups in total. The zero-order valence-electron chi connectivity index (χ0n) is 14.3. The van der Waals surface area contributed by atoms with Crippen molar-refractivity contribution in [1.82, 2.24) is 4.98 Å². The topological polar surface area (TPSA) is 66.1 Å². The Kier molecular flexibility index (Phi) is 5.98. The van der Waals surface area contributed by atoms with Gasteiger partial charge in [0.1, 0.15) is 12.0 Å². The number of hydrogen-bond donors (Lipinski definition) is 0. The second-order valence-corrected chi connectivity index (χ2v) is 5.31. The number of ether oxygens (including phenoxy) is 2. The number of oxazole rings is 1. The first kappa shape index (κ1) is 18.4. The van der Waals surface area contributed by atoms with Gasteiger partial charge in [-0.05, 0) is 30.3 Å². The maximum Gasteiger partial charge on any atom is 0.387 e. The standard InChI is InChI=1S/C19H16F2N2O4/c1-24-17-9-13(7-8-16(17)27-19(20)21)10-22-26-12-15-11-25-18(23-15)14-5-3-2-4-6-14/h2-11,19H,12H2,1H3/b22-10+. The summed E-state index contributed by atoms with van der Waals surface area (Å²) in [6.45, 7) is -2.80. The van der Waals surface area contributed by atoms with Crippen LogP contribution >= 0.6 is 0 Å². The van der Waals surface area contributed by atoms with E-state index in [1.54, 1.807) is 6.07 Å². The number of rotatable bonds is 8. The SMILES string of the molecule is COc1cc(/C=N/OCc2coc(-c3ccccc3)n2)ccc1OC(F)F. The smallest absolute Gasteiger partial charge is 0.387 e. The Morgan fingerprint density at radius 3 is 2.70 bits per heavy atom. The van der Waals surface area contributed by atoms with Crippen molar-refractivity contribution in [2.45, 2.75) is 13.2 Å². The molecule has 0 radical (unpaired) electrons. The lowest BCUT2D eigenvalue weighted by molar-refractivity contribution is -0.0512. The molecule has 2 aromatic carbocycles. The molecule has 3 rings (SSSR count). The Balaban J connectivity index is 1.57. The molecule has 0 unspecified atom stereocenters. The van der Waals surface area contributed by atoms with Gasteiger partial charge in [0, 0.05) is 11.1 Å². The van der Waals surface area contributed by atoms with E-state index in [2.05, 4.69) is 14.9 Å². The molecule has 1 aromatic heterocycles. The van der Waals surface area contributed by atoms with Gasteiger partial charge in [-0.15, -0.1) is 0 Å². The van der Waals surface area contributed by atoms with Gasteiger partial charge < -0.3 is 18.7 Å². The number of halogens is 2. The molecule has 0 aliphatic rings. The van der Waals surface area contributed by atoms with Gasteiger partial charge in [0.15, 0.2) is 18.1 Å². The Labute approximate surface area is 154 Å². The van der Waals surface area contributed by atoms with Gasteiger partial charge in [-0.2, -0.15) is 8.78 Å². The highest BCUT2D eigenvalue weighted by molar-refractivity contribution is 5.80. The Bertz CT molecular complexity index is 898. The van der Waals surface area contributed by atoms with E-state index in [0.717, 1.165) is 5.56 Å². The normalized spacial score (nSPS) is 11.1. The van der Waals surface area contributed by atoms with E-state index < -0.39 is 6.61 Å². The van der Waals surface area contributed by atoms with Gasteiger partial charge >= 0.3 is 6.61 Å². The van der Waals surface area contributed by atoms with Crippen LogP contribution in [0.15, 0.2) is 64.4 Å². The molecule has 0 amide bonds. The molecule has 3 aromatic rings. The van der Waals surface area contributed by atoms with E-state index in [4.69, 9.17) is 14.0 Å².